The van der Waals surface area contributed by atoms with E-state index in [1.165, 1.54) is 17.7 Å². The van der Waals surface area contributed by atoms with Crippen molar-refractivity contribution in [3.63, 3.8) is 0 Å². The van der Waals surface area contributed by atoms with Crippen LogP contribution in [0.1, 0.15) is 44.6 Å². The summed E-state index contributed by atoms with van der Waals surface area (Å²) in [5, 5.41) is 9.86. The fourth-order valence-electron chi connectivity index (χ4n) is 4.04. The summed E-state index contributed by atoms with van der Waals surface area (Å²) in [4.78, 5) is 13.4. The van der Waals surface area contributed by atoms with Crippen LogP contribution in [0.5, 0.6) is 11.5 Å². The number of terminal acetylenes is 1. The molecular formula is C26H31NO4. The van der Waals surface area contributed by atoms with Gasteiger partial charge in [-0.25, -0.2) is 0 Å². The third-order valence-corrected chi connectivity index (χ3v) is 5.59. The highest BCUT2D eigenvalue weighted by molar-refractivity contribution is 5.88. The number of hydrogen-bond acceptors (Lipinski definition) is 4. The zero-order chi connectivity index (χ0) is 22.2. The van der Waals surface area contributed by atoms with Gasteiger partial charge in [-0.2, -0.15) is 0 Å². The van der Waals surface area contributed by atoms with Crippen LogP contribution in [-0.2, 0) is 11.2 Å². The summed E-state index contributed by atoms with van der Waals surface area (Å²) in [7, 11) is 1.64. The lowest BCUT2D eigenvalue weighted by Crippen LogP contribution is -2.30. The van der Waals surface area contributed by atoms with Crippen molar-refractivity contribution >= 4 is 12.1 Å². The van der Waals surface area contributed by atoms with Gasteiger partial charge in [0.25, 0.3) is 0 Å². The summed E-state index contributed by atoms with van der Waals surface area (Å²) in [5.74, 6) is 4.08. The van der Waals surface area contributed by atoms with Crippen molar-refractivity contribution < 1.29 is 19.4 Å². The van der Waals surface area contributed by atoms with Crippen molar-refractivity contribution in [1.82, 2.24) is 0 Å². The van der Waals surface area contributed by atoms with Crippen LogP contribution in [0.15, 0.2) is 36.4 Å². The molecule has 164 valence electrons. The monoisotopic (exact) mass is 421 g/mol. The Bertz CT molecular complexity index is 925. The molecule has 2 aromatic rings. The molecule has 1 aliphatic carbocycles. The van der Waals surface area contributed by atoms with Gasteiger partial charge in [-0.05, 0) is 74.4 Å². The molecule has 0 saturated heterocycles. The van der Waals surface area contributed by atoms with Gasteiger partial charge in [0.1, 0.15) is 0 Å². The second-order valence-electron chi connectivity index (χ2n) is 8.05. The van der Waals surface area contributed by atoms with Gasteiger partial charge >= 0.3 is 0 Å². The number of aryl methyl sites for hydroxylation is 1. The minimum Gasteiger partial charge on any atom is -0.493 e. The Morgan fingerprint density at radius 1 is 1.23 bits per heavy atom. The Balaban J connectivity index is 2.05. The normalized spacial score (nSPS) is 14.6. The number of carbonyl (C=O) groups is 1. The molecular weight excluding hydrogens is 390 g/mol. The summed E-state index contributed by atoms with van der Waals surface area (Å²) in [6.07, 6.45) is 11.6. The minimum atomic E-state index is -0.642. The third-order valence-electron chi connectivity index (χ3n) is 5.59. The Morgan fingerprint density at radius 3 is 2.65 bits per heavy atom. The van der Waals surface area contributed by atoms with Gasteiger partial charge < -0.3 is 19.5 Å². The summed E-state index contributed by atoms with van der Waals surface area (Å²) < 4.78 is 11.8. The van der Waals surface area contributed by atoms with E-state index in [2.05, 4.69) is 12.0 Å². The molecule has 1 fully saturated rings. The maximum atomic E-state index is 11.8. The third kappa shape index (κ3) is 5.80. The molecule has 1 aliphatic rings. The van der Waals surface area contributed by atoms with Crippen LogP contribution in [0.3, 0.4) is 0 Å². The number of benzene rings is 2. The number of anilines is 1. The molecule has 0 spiro atoms. The first kappa shape index (κ1) is 22.7. The average molecular weight is 422 g/mol. The zero-order valence-corrected chi connectivity index (χ0v) is 18.3. The predicted molar refractivity (Wildman–Crippen MR) is 124 cm³/mol. The van der Waals surface area contributed by atoms with E-state index in [0.717, 1.165) is 48.1 Å². The summed E-state index contributed by atoms with van der Waals surface area (Å²) in [5.41, 5.74) is 3.64. The Labute approximate surface area is 185 Å². The molecule has 5 nitrogen and oxygen atoms in total. The molecule has 1 N–H and O–H groups in total. The molecule has 0 heterocycles. The highest BCUT2D eigenvalue weighted by Crippen LogP contribution is 2.39. The fourth-order valence-corrected chi connectivity index (χ4v) is 4.04. The van der Waals surface area contributed by atoms with Gasteiger partial charge in [0, 0.05) is 12.0 Å². The number of aliphatic hydroxyl groups is 1. The van der Waals surface area contributed by atoms with Gasteiger partial charge in [0.2, 0.25) is 6.41 Å². The first-order valence-electron chi connectivity index (χ1n) is 10.9. The first-order valence-corrected chi connectivity index (χ1v) is 10.9. The average Bonchev–Trinajstić information content (AvgIpc) is 3.29. The zero-order valence-electron chi connectivity index (χ0n) is 18.3. The quantitative estimate of drug-likeness (QED) is 0.450. The molecule has 0 radical (unpaired) electrons. The maximum Gasteiger partial charge on any atom is 0.214 e. The number of aliphatic hydroxyl groups excluding tert-OH is 1. The van der Waals surface area contributed by atoms with Gasteiger partial charge in [0.05, 0.1) is 31.5 Å². The summed E-state index contributed by atoms with van der Waals surface area (Å²) >= 11 is 0. The van der Waals surface area contributed by atoms with E-state index in [0.29, 0.717) is 17.9 Å². The lowest BCUT2D eigenvalue weighted by molar-refractivity contribution is -0.107. The highest BCUT2D eigenvalue weighted by atomic mass is 16.5. The van der Waals surface area contributed by atoms with Crippen LogP contribution in [-0.4, -0.2) is 37.4 Å². The van der Waals surface area contributed by atoms with E-state index in [4.69, 9.17) is 15.9 Å². The molecule has 0 bridgehead atoms. The Kier molecular flexibility index (Phi) is 7.97. The van der Waals surface area contributed by atoms with Gasteiger partial charge in [-0.15, -0.1) is 12.3 Å². The van der Waals surface area contributed by atoms with Crippen LogP contribution < -0.4 is 14.4 Å². The van der Waals surface area contributed by atoms with Crippen LogP contribution >= 0.6 is 0 Å². The number of amides is 1. The molecule has 0 aliphatic heterocycles. The minimum absolute atomic E-state index is 0.201. The Hall–Kier alpha value is -2.97. The number of ether oxygens (including phenoxy) is 2. The van der Waals surface area contributed by atoms with E-state index in [1.807, 2.05) is 30.3 Å². The van der Waals surface area contributed by atoms with E-state index in [9.17, 15) is 9.90 Å². The van der Waals surface area contributed by atoms with Gasteiger partial charge in [-0.3, -0.25) is 4.79 Å². The molecule has 3 rings (SSSR count). The van der Waals surface area contributed by atoms with E-state index in [1.54, 1.807) is 14.0 Å². The second-order valence-corrected chi connectivity index (χ2v) is 8.05. The van der Waals surface area contributed by atoms with Crippen LogP contribution in [0, 0.1) is 12.3 Å². The van der Waals surface area contributed by atoms with E-state index < -0.39 is 6.10 Å². The molecule has 31 heavy (non-hydrogen) atoms. The predicted octanol–water partition coefficient (Wildman–Crippen LogP) is 4.59. The lowest BCUT2D eigenvalue weighted by atomic mass is 9.97. The number of hydrogen-bond donors (Lipinski definition) is 1. The second kappa shape index (κ2) is 10.9. The van der Waals surface area contributed by atoms with Crippen LogP contribution in [0.4, 0.5) is 5.69 Å². The largest absolute Gasteiger partial charge is 0.493 e. The molecule has 1 unspecified atom stereocenters. The van der Waals surface area contributed by atoms with Crippen molar-refractivity contribution in [2.45, 2.75) is 57.7 Å². The Morgan fingerprint density at radius 2 is 2.00 bits per heavy atom. The van der Waals surface area contributed by atoms with Crippen molar-refractivity contribution in [2.24, 2.45) is 0 Å². The number of rotatable bonds is 10. The maximum absolute atomic E-state index is 11.8. The van der Waals surface area contributed by atoms with Crippen LogP contribution in [0.2, 0.25) is 0 Å². The number of nitrogens with zero attached hydrogens (tertiary/aromatic N) is 1. The van der Waals surface area contributed by atoms with E-state index in [-0.39, 0.29) is 12.6 Å². The highest BCUT2D eigenvalue weighted by Gasteiger charge is 2.20. The smallest absolute Gasteiger partial charge is 0.214 e. The molecule has 2 aromatic carbocycles. The summed E-state index contributed by atoms with van der Waals surface area (Å²) in [6, 6.07) is 11.8. The van der Waals surface area contributed by atoms with E-state index >= 15 is 0 Å². The fraction of sp³-hybridized carbons (Fsp3) is 0.423. The number of methoxy groups -OCH3 is 1. The van der Waals surface area contributed by atoms with Crippen molar-refractivity contribution in [3.8, 4) is 35.0 Å². The van der Waals surface area contributed by atoms with Crippen molar-refractivity contribution in [3.05, 3.63) is 42.0 Å². The van der Waals surface area contributed by atoms with Gasteiger partial charge in [0.15, 0.2) is 11.5 Å². The molecule has 5 heteroatoms. The van der Waals surface area contributed by atoms with Crippen molar-refractivity contribution in [1.29, 1.82) is 0 Å². The summed E-state index contributed by atoms with van der Waals surface area (Å²) in [6.45, 7) is 1.88. The molecule has 1 amide bonds. The molecule has 1 atom stereocenters. The molecule has 0 aromatic heterocycles. The van der Waals surface area contributed by atoms with Crippen molar-refractivity contribution in [2.75, 3.05) is 18.6 Å². The lowest BCUT2D eigenvalue weighted by Gasteiger charge is -2.24. The topological polar surface area (TPSA) is 59.0 Å². The number of carbonyl (C=O) groups excluding carboxylic acids is 1. The van der Waals surface area contributed by atoms with Crippen LogP contribution in [0.25, 0.3) is 11.1 Å². The van der Waals surface area contributed by atoms with Gasteiger partial charge in [-0.1, -0.05) is 12.1 Å². The standard InChI is InChI=1S/C26H31NO4/c1-4-5-8-20-11-13-24(27(18-28)17-19(2)29)23(15-20)21-12-14-25(30-3)26(16-21)31-22-9-6-7-10-22/h1,11-16,18-19,22,29H,5-10,17H2,2-3H3. The first-order chi connectivity index (χ1) is 15.0. The SMILES string of the molecule is C#CCCc1ccc(N(C=O)CC(C)O)c(-c2ccc(OC)c(OC3CCCC3)c2)c1. The molecule has 1 saturated carbocycles.